The molecule has 4 rings (SSSR count). The molecule has 1 heterocycles. The zero-order chi connectivity index (χ0) is 23.4. The fourth-order valence-electron chi connectivity index (χ4n) is 4.47. The van der Waals surface area contributed by atoms with Crippen molar-refractivity contribution in [3.05, 3.63) is 59.7 Å². The minimum absolute atomic E-state index is 0.00727. The number of alkyl carbamates (subject to hydrolysis) is 1. The number of amides is 2. The van der Waals surface area contributed by atoms with Gasteiger partial charge in [-0.25, -0.2) is 9.59 Å². The first-order valence-electron chi connectivity index (χ1n) is 11.2. The summed E-state index contributed by atoms with van der Waals surface area (Å²) in [7, 11) is 0. The third-order valence-electron chi connectivity index (χ3n) is 6.27. The Hall–Kier alpha value is -3.39. The van der Waals surface area contributed by atoms with Crippen molar-refractivity contribution in [2.24, 2.45) is 5.92 Å². The predicted octanol–water partition coefficient (Wildman–Crippen LogP) is 2.86. The van der Waals surface area contributed by atoms with Crippen molar-refractivity contribution >= 4 is 18.0 Å². The van der Waals surface area contributed by atoms with Crippen molar-refractivity contribution in [1.29, 1.82) is 0 Å². The maximum absolute atomic E-state index is 12.6. The van der Waals surface area contributed by atoms with Gasteiger partial charge >= 0.3 is 12.1 Å². The van der Waals surface area contributed by atoms with E-state index < -0.39 is 18.2 Å². The molecule has 1 saturated heterocycles. The van der Waals surface area contributed by atoms with Crippen LogP contribution in [-0.4, -0.2) is 66.9 Å². The van der Waals surface area contributed by atoms with Gasteiger partial charge < -0.3 is 24.8 Å². The SMILES string of the molecule is CC(CCNC(=O)OCC1c2ccccc2-c2ccccc21)C(=O)N1CCOC(C(=O)O)C1. The average Bonchev–Trinajstić information content (AvgIpc) is 3.16. The molecule has 2 N–H and O–H groups in total. The van der Waals surface area contributed by atoms with Gasteiger partial charge in [0.1, 0.15) is 6.61 Å². The predicted molar refractivity (Wildman–Crippen MR) is 121 cm³/mol. The topological polar surface area (TPSA) is 105 Å². The van der Waals surface area contributed by atoms with Crippen LogP contribution in [0.1, 0.15) is 30.4 Å². The van der Waals surface area contributed by atoms with Crippen LogP contribution >= 0.6 is 0 Å². The summed E-state index contributed by atoms with van der Waals surface area (Å²) in [5, 5.41) is 11.8. The van der Waals surface area contributed by atoms with Gasteiger partial charge in [-0.2, -0.15) is 0 Å². The lowest BCUT2D eigenvalue weighted by atomic mass is 9.98. The summed E-state index contributed by atoms with van der Waals surface area (Å²) in [5.74, 6) is -1.57. The van der Waals surface area contributed by atoms with E-state index in [2.05, 4.69) is 29.6 Å². The van der Waals surface area contributed by atoms with Crippen LogP contribution in [0.5, 0.6) is 0 Å². The van der Waals surface area contributed by atoms with E-state index in [1.807, 2.05) is 24.3 Å². The highest BCUT2D eigenvalue weighted by molar-refractivity contribution is 5.81. The zero-order valence-corrected chi connectivity index (χ0v) is 18.5. The first-order valence-corrected chi connectivity index (χ1v) is 11.2. The number of nitrogens with one attached hydrogen (secondary N) is 1. The number of aliphatic carboxylic acids is 1. The van der Waals surface area contributed by atoms with Crippen LogP contribution in [-0.2, 0) is 19.1 Å². The third kappa shape index (κ3) is 5.01. The standard InChI is InChI=1S/C25H28N2O6/c1-16(23(28)27-12-13-32-22(14-27)24(29)30)10-11-26-25(31)33-15-21-19-8-4-2-6-17(19)18-7-3-5-9-20(18)21/h2-9,16,21-22H,10-15H2,1H3,(H,26,31)(H,29,30). The van der Waals surface area contributed by atoms with Gasteiger partial charge in [0.15, 0.2) is 6.10 Å². The number of carbonyl (C=O) groups excluding carboxylic acids is 2. The Bertz CT molecular complexity index is 994. The molecule has 2 unspecified atom stereocenters. The number of hydrogen-bond donors (Lipinski definition) is 2. The Morgan fingerprint density at radius 2 is 1.76 bits per heavy atom. The lowest BCUT2D eigenvalue weighted by Gasteiger charge is -2.32. The number of rotatable bonds is 7. The van der Waals surface area contributed by atoms with Crippen LogP contribution in [0.2, 0.25) is 0 Å². The van der Waals surface area contributed by atoms with Crippen LogP contribution in [0.15, 0.2) is 48.5 Å². The normalized spacial score (nSPS) is 18.2. The van der Waals surface area contributed by atoms with Crippen molar-refractivity contribution in [3.63, 3.8) is 0 Å². The van der Waals surface area contributed by atoms with Crippen LogP contribution in [0, 0.1) is 5.92 Å². The highest BCUT2D eigenvalue weighted by Crippen LogP contribution is 2.44. The molecule has 174 valence electrons. The van der Waals surface area contributed by atoms with Crippen LogP contribution in [0.4, 0.5) is 4.79 Å². The van der Waals surface area contributed by atoms with Crippen LogP contribution < -0.4 is 5.32 Å². The smallest absolute Gasteiger partial charge is 0.407 e. The van der Waals surface area contributed by atoms with Gasteiger partial charge in [-0.3, -0.25) is 4.79 Å². The molecule has 0 spiro atoms. The average molecular weight is 453 g/mol. The third-order valence-corrected chi connectivity index (χ3v) is 6.27. The molecular weight excluding hydrogens is 424 g/mol. The van der Waals surface area contributed by atoms with Gasteiger partial charge in [0.25, 0.3) is 0 Å². The fraction of sp³-hybridized carbons (Fsp3) is 0.400. The lowest BCUT2D eigenvalue weighted by molar-refractivity contribution is -0.160. The Labute approximate surface area is 192 Å². The number of carboxylic acid groups (broad SMARTS) is 1. The Balaban J connectivity index is 1.24. The van der Waals surface area contributed by atoms with Gasteiger partial charge in [-0.15, -0.1) is 0 Å². The number of fused-ring (bicyclic) bond motifs is 3. The molecule has 0 saturated carbocycles. The Morgan fingerprint density at radius 3 is 2.39 bits per heavy atom. The van der Waals surface area contributed by atoms with E-state index in [1.165, 1.54) is 16.0 Å². The van der Waals surface area contributed by atoms with Crippen molar-refractivity contribution in [2.75, 3.05) is 32.8 Å². The first-order chi connectivity index (χ1) is 16.0. The Kier molecular flexibility index (Phi) is 6.93. The van der Waals surface area contributed by atoms with Crippen molar-refractivity contribution in [1.82, 2.24) is 10.2 Å². The van der Waals surface area contributed by atoms with E-state index >= 15 is 0 Å². The number of carbonyl (C=O) groups is 3. The summed E-state index contributed by atoms with van der Waals surface area (Å²) >= 11 is 0. The molecule has 2 aromatic rings. The van der Waals surface area contributed by atoms with Gasteiger partial charge in [0.2, 0.25) is 5.91 Å². The zero-order valence-electron chi connectivity index (χ0n) is 18.5. The van der Waals surface area contributed by atoms with Crippen LogP contribution in [0.3, 0.4) is 0 Å². The molecule has 2 aromatic carbocycles. The van der Waals surface area contributed by atoms with Crippen LogP contribution in [0.25, 0.3) is 11.1 Å². The Morgan fingerprint density at radius 1 is 1.12 bits per heavy atom. The maximum Gasteiger partial charge on any atom is 0.407 e. The van der Waals surface area contributed by atoms with E-state index in [0.717, 1.165) is 11.1 Å². The molecule has 1 aliphatic carbocycles. The van der Waals surface area contributed by atoms with E-state index in [-0.39, 0.29) is 44.0 Å². The minimum atomic E-state index is -1.07. The second kappa shape index (κ2) is 10.0. The molecule has 8 nitrogen and oxygen atoms in total. The first kappa shape index (κ1) is 22.8. The number of morpholine rings is 1. The second-order valence-electron chi connectivity index (χ2n) is 8.42. The number of hydrogen-bond acceptors (Lipinski definition) is 5. The summed E-state index contributed by atoms with van der Waals surface area (Å²) in [6, 6.07) is 16.3. The van der Waals surface area contributed by atoms with Gasteiger partial charge in [-0.05, 0) is 28.7 Å². The lowest BCUT2D eigenvalue weighted by Crippen LogP contribution is -2.50. The summed E-state index contributed by atoms with van der Waals surface area (Å²) < 4.78 is 10.7. The molecule has 0 aromatic heterocycles. The van der Waals surface area contributed by atoms with Gasteiger partial charge in [0.05, 0.1) is 13.2 Å². The molecule has 8 heteroatoms. The fourth-order valence-corrected chi connectivity index (χ4v) is 4.47. The highest BCUT2D eigenvalue weighted by atomic mass is 16.5. The molecule has 2 atom stereocenters. The van der Waals surface area contributed by atoms with Crippen molar-refractivity contribution < 1.29 is 29.0 Å². The number of ether oxygens (including phenoxy) is 2. The van der Waals surface area contributed by atoms with E-state index in [4.69, 9.17) is 14.6 Å². The molecule has 0 radical (unpaired) electrons. The molecule has 1 fully saturated rings. The monoisotopic (exact) mass is 452 g/mol. The quantitative estimate of drug-likeness (QED) is 0.669. The molecule has 2 aliphatic rings. The van der Waals surface area contributed by atoms with E-state index in [0.29, 0.717) is 13.0 Å². The number of benzene rings is 2. The maximum atomic E-state index is 12.6. The summed E-state index contributed by atoms with van der Waals surface area (Å²) in [6.45, 7) is 2.90. The minimum Gasteiger partial charge on any atom is -0.479 e. The van der Waals surface area contributed by atoms with Gasteiger partial charge in [-0.1, -0.05) is 55.5 Å². The second-order valence-corrected chi connectivity index (χ2v) is 8.42. The number of nitrogens with zero attached hydrogens (tertiary/aromatic N) is 1. The molecule has 2 amide bonds. The number of carboxylic acids is 1. The summed E-state index contributed by atoms with van der Waals surface area (Å²) in [5.41, 5.74) is 4.64. The largest absolute Gasteiger partial charge is 0.479 e. The molecule has 1 aliphatic heterocycles. The van der Waals surface area contributed by atoms with Crippen molar-refractivity contribution in [2.45, 2.75) is 25.4 Å². The summed E-state index contributed by atoms with van der Waals surface area (Å²) in [6.07, 6.45) is -1.08. The van der Waals surface area contributed by atoms with E-state index in [9.17, 15) is 14.4 Å². The molecule has 0 bridgehead atoms. The highest BCUT2D eigenvalue weighted by Gasteiger charge is 2.31. The van der Waals surface area contributed by atoms with Gasteiger partial charge in [0, 0.05) is 24.9 Å². The van der Waals surface area contributed by atoms with E-state index in [1.54, 1.807) is 6.92 Å². The molecular formula is C25H28N2O6. The van der Waals surface area contributed by atoms with Crippen molar-refractivity contribution in [3.8, 4) is 11.1 Å². The summed E-state index contributed by atoms with van der Waals surface area (Å²) in [4.78, 5) is 37.5. The molecule has 33 heavy (non-hydrogen) atoms.